The number of benzene rings is 1. The second kappa shape index (κ2) is 5.12. The molecule has 3 rings (SSSR count). The zero-order chi connectivity index (χ0) is 13.3. The van der Waals surface area contributed by atoms with Gasteiger partial charge in [0, 0.05) is 24.3 Å². The average Bonchev–Trinajstić information content (AvgIpc) is 2.71. The topological polar surface area (TPSA) is 15.3 Å². The van der Waals surface area contributed by atoms with Crippen LogP contribution in [0, 0.1) is 12.7 Å². The highest BCUT2D eigenvalue weighted by Crippen LogP contribution is 2.34. The van der Waals surface area contributed by atoms with Crippen LogP contribution in [0.15, 0.2) is 18.2 Å². The highest BCUT2D eigenvalue weighted by atomic mass is 19.1. The van der Waals surface area contributed by atoms with Crippen LogP contribution in [0.4, 0.5) is 10.1 Å². The van der Waals surface area contributed by atoms with Crippen LogP contribution in [-0.4, -0.2) is 25.2 Å². The summed E-state index contributed by atoms with van der Waals surface area (Å²) in [6, 6.07) is 5.18. The Morgan fingerprint density at radius 2 is 2.00 bits per heavy atom. The minimum absolute atomic E-state index is 0.134. The lowest BCUT2D eigenvalue weighted by molar-refractivity contribution is 0.354. The van der Waals surface area contributed by atoms with Crippen LogP contribution in [-0.2, 0) is 0 Å². The standard InChI is InChI=1S/C16H23FN2/c1-13-11-14(17)5-6-15(13)19-10-4-9-18-16(12-19)7-2-3-8-16/h5-6,11,18H,2-4,7-10,12H2,1H3. The molecule has 1 aliphatic carbocycles. The number of halogens is 1. The van der Waals surface area contributed by atoms with E-state index in [0.717, 1.165) is 25.2 Å². The lowest BCUT2D eigenvalue weighted by Crippen LogP contribution is -2.49. The van der Waals surface area contributed by atoms with Crippen LogP contribution in [0.25, 0.3) is 0 Å². The van der Waals surface area contributed by atoms with E-state index in [-0.39, 0.29) is 5.82 Å². The predicted molar refractivity (Wildman–Crippen MR) is 77.2 cm³/mol. The van der Waals surface area contributed by atoms with Gasteiger partial charge in [-0.15, -0.1) is 0 Å². The van der Waals surface area contributed by atoms with Crippen molar-refractivity contribution in [3.63, 3.8) is 0 Å². The van der Waals surface area contributed by atoms with Gasteiger partial charge in [0.2, 0.25) is 0 Å². The third-order valence-corrected chi connectivity index (χ3v) is 4.66. The van der Waals surface area contributed by atoms with Crippen molar-refractivity contribution in [3.05, 3.63) is 29.6 Å². The average molecular weight is 262 g/mol. The van der Waals surface area contributed by atoms with Gasteiger partial charge in [0.25, 0.3) is 0 Å². The molecule has 19 heavy (non-hydrogen) atoms. The number of hydrogen-bond donors (Lipinski definition) is 1. The fourth-order valence-corrected chi connectivity index (χ4v) is 3.69. The molecule has 1 aromatic rings. The van der Waals surface area contributed by atoms with E-state index in [2.05, 4.69) is 10.2 Å². The summed E-state index contributed by atoms with van der Waals surface area (Å²) in [5.74, 6) is -0.134. The van der Waals surface area contributed by atoms with Crippen LogP contribution < -0.4 is 10.2 Å². The fraction of sp³-hybridized carbons (Fsp3) is 0.625. The Labute approximate surface area is 115 Å². The van der Waals surface area contributed by atoms with E-state index in [1.54, 1.807) is 12.1 Å². The number of anilines is 1. The molecule has 1 N–H and O–H groups in total. The first-order chi connectivity index (χ1) is 9.19. The Morgan fingerprint density at radius 1 is 1.21 bits per heavy atom. The van der Waals surface area contributed by atoms with Gasteiger partial charge >= 0.3 is 0 Å². The molecule has 0 atom stereocenters. The molecule has 0 aromatic heterocycles. The molecule has 2 aliphatic rings. The molecule has 1 saturated carbocycles. The maximum atomic E-state index is 13.3. The molecule has 0 radical (unpaired) electrons. The van der Waals surface area contributed by atoms with E-state index in [0.29, 0.717) is 5.54 Å². The minimum atomic E-state index is -0.134. The first-order valence-electron chi connectivity index (χ1n) is 7.45. The zero-order valence-electron chi connectivity index (χ0n) is 11.7. The third kappa shape index (κ3) is 2.62. The van der Waals surface area contributed by atoms with Crippen molar-refractivity contribution in [2.24, 2.45) is 0 Å². The number of aryl methyl sites for hydroxylation is 1. The molecule has 2 nitrogen and oxygen atoms in total. The summed E-state index contributed by atoms with van der Waals surface area (Å²) < 4.78 is 13.3. The second-order valence-electron chi connectivity index (χ2n) is 6.12. The van der Waals surface area contributed by atoms with Gasteiger partial charge in [0.05, 0.1) is 0 Å². The molecule has 3 heteroatoms. The summed E-state index contributed by atoms with van der Waals surface area (Å²) in [4.78, 5) is 2.46. The monoisotopic (exact) mass is 262 g/mol. The summed E-state index contributed by atoms with van der Waals surface area (Å²) in [6.07, 6.45) is 6.40. The molecule has 2 fully saturated rings. The molecule has 1 heterocycles. The molecule has 1 aliphatic heterocycles. The van der Waals surface area contributed by atoms with Gasteiger partial charge in [0.1, 0.15) is 5.82 Å². The Bertz CT molecular complexity index is 452. The Hall–Kier alpha value is -1.09. The van der Waals surface area contributed by atoms with E-state index >= 15 is 0 Å². The number of nitrogens with zero attached hydrogens (tertiary/aromatic N) is 1. The molecule has 1 saturated heterocycles. The lowest BCUT2D eigenvalue weighted by atomic mass is 9.96. The summed E-state index contributed by atoms with van der Waals surface area (Å²) in [7, 11) is 0. The van der Waals surface area contributed by atoms with Crippen LogP contribution >= 0.6 is 0 Å². The van der Waals surface area contributed by atoms with Crippen LogP contribution in [0.3, 0.4) is 0 Å². The quantitative estimate of drug-likeness (QED) is 0.836. The first-order valence-corrected chi connectivity index (χ1v) is 7.45. The van der Waals surface area contributed by atoms with Gasteiger partial charge in [0.15, 0.2) is 0 Å². The van der Waals surface area contributed by atoms with E-state index < -0.39 is 0 Å². The predicted octanol–water partition coefficient (Wildman–Crippen LogP) is 3.25. The van der Waals surface area contributed by atoms with Gasteiger partial charge in [-0.25, -0.2) is 4.39 Å². The van der Waals surface area contributed by atoms with Gasteiger partial charge in [-0.1, -0.05) is 12.8 Å². The molecular weight excluding hydrogens is 239 g/mol. The van der Waals surface area contributed by atoms with Gasteiger partial charge in [-0.3, -0.25) is 0 Å². The first kappa shape index (κ1) is 12.9. The number of nitrogens with one attached hydrogen (secondary N) is 1. The highest BCUT2D eigenvalue weighted by Gasteiger charge is 2.36. The fourth-order valence-electron chi connectivity index (χ4n) is 3.69. The normalized spacial score (nSPS) is 22.7. The third-order valence-electron chi connectivity index (χ3n) is 4.66. The van der Waals surface area contributed by atoms with Crippen molar-refractivity contribution in [2.75, 3.05) is 24.5 Å². The van der Waals surface area contributed by atoms with E-state index in [9.17, 15) is 4.39 Å². The molecule has 0 unspecified atom stereocenters. The summed E-state index contributed by atoms with van der Waals surface area (Å²) in [5.41, 5.74) is 2.56. The molecular formula is C16H23FN2. The number of rotatable bonds is 1. The molecule has 0 amide bonds. The smallest absolute Gasteiger partial charge is 0.123 e. The van der Waals surface area contributed by atoms with Gasteiger partial charge in [-0.05, 0) is 56.5 Å². The maximum absolute atomic E-state index is 13.3. The molecule has 1 aromatic carbocycles. The molecule has 104 valence electrons. The Balaban J connectivity index is 1.86. The minimum Gasteiger partial charge on any atom is -0.369 e. The SMILES string of the molecule is Cc1cc(F)ccc1N1CCCNC2(CCCC2)C1. The van der Waals surface area contributed by atoms with Gasteiger partial charge in [-0.2, -0.15) is 0 Å². The van der Waals surface area contributed by atoms with E-state index in [4.69, 9.17) is 0 Å². The van der Waals surface area contributed by atoms with Crippen molar-refractivity contribution in [1.29, 1.82) is 0 Å². The highest BCUT2D eigenvalue weighted by molar-refractivity contribution is 5.53. The van der Waals surface area contributed by atoms with E-state index in [1.165, 1.54) is 37.8 Å². The van der Waals surface area contributed by atoms with Crippen LogP contribution in [0.1, 0.15) is 37.7 Å². The van der Waals surface area contributed by atoms with Crippen LogP contribution in [0.2, 0.25) is 0 Å². The van der Waals surface area contributed by atoms with Gasteiger partial charge < -0.3 is 10.2 Å². The van der Waals surface area contributed by atoms with Crippen molar-refractivity contribution in [3.8, 4) is 0 Å². The Morgan fingerprint density at radius 3 is 2.74 bits per heavy atom. The molecule has 0 bridgehead atoms. The lowest BCUT2D eigenvalue weighted by Gasteiger charge is -2.35. The van der Waals surface area contributed by atoms with E-state index in [1.807, 2.05) is 13.0 Å². The van der Waals surface area contributed by atoms with Crippen molar-refractivity contribution in [1.82, 2.24) is 5.32 Å². The largest absolute Gasteiger partial charge is 0.369 e. The zero-order valence-corrected chi connectivity index (χ0v) is 11.7. The molecule has 1 spiro atoms. The van der Waals surface area contributed by atoms with Crippen molar-refractivity contribution in [2.45, 2.75) is 44.6 Å². The summed E-state index contributed by atoms with van der Waals surface area (Å²) >= 11 is 0. The van der Waals surface area contributed by atoms with Crippen molar-refractivity contribution < 1.29 is 4.39 Å². The summed E-state index contributed by atoms with van der Waals surface area (Å²) in [6.45, 7) is 5.26. The summed E-state index contributed by atoms with van der Waals surface area (Å²) in [5, 5.41) is 3.77. The maximum Gasteiger partial charge on any atom is 0.123 e. The van der Waals surface area contributed by atoms with Crippen LogP contribution in [0.5, 0.6) is 0 Å². The second-order valence-corrected chi connectivity index (χ2v) is 6.12. The number of hydrogen-bond acceptors (Lipinski definition) is 2. The Kier molecular flexibility index (Phi) is 3.48. The van der Waals surface area contributed by atoms with Crippen molar-refractivity contribution >= 4 is 5.69 Å².